The molecule has 2 rings (SSSR count). The van der Waals surface area contributed by atoms with Crippen LogP contribution in [0.3, 0.4) is 0 Å². The highest BCUT2D eigenvalue weighted by Gasteiger charge is 2.41. The van der Waals surface area contributed by atoms with Gasteiger partial charge in [-0.1, -0.05) is 0 Å². The van der Waals surface area contributed by atoms with Crippen LogP contribution in [-0.2, 0) is 14.4 Å². The summed E-state index contributed by atoms with van der Waals surface area (Å²) in [5.41, 5.74) is 0. The number of hydrazine groups is 1. The van der Waals surface area contributed by atoms with E-state index < -0.39 is 23.8 Å². The highest BCUT2D eigenvalue weighted by atomic mass is 16.2. The number of imide groups is 2. The topological polar surface area (TPSA) is 102 Å². The fourth-order valence-corrected chi connectivity index (χ4v) is 2.60. The van der Waals surface area contributed by atoms with E-state index in [0.29, 0.717) is 32.7 Å². The Hall–Kier alpha value is -2.00. The first-order chi connectivity index (χ1) is 10.8. The Morgan fingerprint density at radius 1 is 1.22 bits per heavy atom. The van der Waals surface area contributed by atoms with Gasteiger partial charge in [0.1, 0.15) is 5.92 Å². The van der Waals surface area contributed by atoms with Crippen LogP contribution in [0.1, 0.15) is 20.8 Å². The Morgan fingerprint density at radius 3 is 2.39 bits per heavy atom. The van der Waals surface area contributed by atoms with Crippen molar-refractivity contribution in [3.05, 3.63) is 0 Å². The molecule has 9 heteroatoms. The zero-order chi connectivity index (χ0) is 17.1. The predicted molar refractivity (Wildman–Crippen MR) is 80.8 cm³/mol. The van der Waals surface area contributed by atoms with Gasteiger partial charge in [-0.3, -0.25) is 24.6 Å². The van der Waals surface area contributed by atoms with Crippen molar-refractivity contribution in [2.75, 3.05) is 32.7 Å². The molecule has 0 aromatic rings. The third-order valence-corrected chi connectivity index (χ3v) is 3.84. The van der Waals surface area contributed by atoms with Crippen LogP contribution in [0, 0.1) is 5.92 Å². The Morgan fingerprint density at radius 2 is 1.83 bits per heavy atom. The molecule has 2 aliphatic heterocycles. The predicted octanol–water partition coefficient (Wildman–Crippen LogP) is -1.24. The van der Waals surface area contributed by atoms with Gasteiger partial charge in [-0.2, -0.15) is 5.01 Å². The van der Waals surface area contributed by atoms with Crippen molar-refractivity contribution < 1.29 is 19.2 Å². The minimum Gasteiger partial charge on any atom is -0.353 e. The van der Waals surface area contributed by atoms with Crippen molar-refractivity contribution in [2.45, 2.75) is 26.8 Å². The molecule has 0 aromatic heterocycles. The number of barbiturate groups is 1. The number of carbonyl (C=O) groups excluding carboxylic acids is 4. The third-order valence-electron chi connectivity index (χ3n) is 3.84. The average molecular weight is 325 g/mol. The van der Waals surface area contributed by atoms with Crippen LogP contribution in [-0.4, -0.2) is 77.4 Å². The average Bonchev–Trinajstić information content (AvgIpc) is 2.46. The summed E-state index contributed by atoms with van der Waals surface area (Å²) in [6, 6.07) is -0.610. The first-order valence-corrected chi connectivity index (χ1v) is 7.75. The first kappa shape index (κ1) is 17.4. The van der Waals surface area contributed by atoms with Gasteiger partial charge in [0.25, 0.3) is 5.91 Å². The van der Waals surface area contributed by atoms with Crippen molar-refractivity contribution in [1.82, 2.24) is 25.6 Å². The highest BCUT2D eigenvalue weighted by molar-refractivity contribution is 6.15. The van der Waals surface area contributed by atoms with Gasteiger partial charge >= 0.3 is 6.03 Å². The summed E-state index contributed by atoms with van der Waals surface area (Å²) in [6.45, 7) is 7.57. The quantitative estimate of drug-likeness (QED) is 0.627. The van der Waals surface area contributed by atoms with Gasteiger partial charge in [0.2, 0.25) is 11.8 Å². The van der Waals surface area contributed by atoms with E-state index in [9.17, 15) is 19.2 Å². The van der Waals surface area contributed by atoms with Crippen LogP contribution in [0.5, 0.6) is 0 Å². The van der Waals surface area contributed by atoms with Gasteiger partial charge < -0.3 is 5.32 Å². The van der Waals surface area contributed by atoms with E-state index in [0.717, 1.165) is 5.01 Å². The van der Waals surface area contributed by atoms with Gasteiger partial charge in [0.15, 0.2) is 0 Å². The van der Waals surface area contributed by atoms with Crippen LogP contribution in [0.25, 0.3) is 0 Å². The second kappa shape index (κ2) is 7.05. The molecule has 0 spiro atoms. The van der Waals surface area contributed by atoms with Crippen molar-refractivity contribution >= 4 is 23.8 Å². The minimum absolute atomic E-state index is 0.0422. The molecule has 2 saturated heterocycles. The van der Waals surface area contributed by atoms with Crippen molar-refractivity contribution in [2.24, 2.45) is 5.92 Å². The maximum Gasteiger partial charge on any atom is 0.345 e. The van der Waals surface area contributed by atoms with E-state index in [-0.39, 0.29) is 11.9 Å². The highest BCUT2D eigenvalue weighted by Crippen LogP contribution is 2.14. The smallest absolute Gasteiger partial charge is 0.345 e. The van der Waals surface area contributed by atoms with E-state index in [1.165, 1.54) is 6.92 Å². The third kappa shape index (κ3) is 4.05. The van der Waals surface area contributed by atoms with Crippen LogP contribution >= 0.6 is 0 Å². The molecule has 0 saturated carbocycles. The van der Waals surface area contributed by atoms with Crippen molar-refractivity contribution in [1.29, 1.82) is 0 Å². The Bertz CT molecular complexity index is 513. The van der Waals surface area contributed by atoms with Gasteiger partial charge in [-0.15, -0.1) is 0 Å². The summed E-state index contributed by atoms with van der Waals surface area (Å²) in [4.78, 5) is 49.2. The number of piperazine rings is 1. The first-order valence-electron chi connectivity index (χ1n) is 7.75. The van der Waals surface area contributed by atoms with Crippen LogP contribution in [0.4, 0.5) is 4.79 Å². The number of amides is 5. The number of urea groups is 1. The summed E-state index contributed by atoms with van der Waals surface area (Å²) in [5, 5.41) is 7.64. The molecule has 5 amide bonds. The fraction of sp³-hybridized carbons (Fsp3) is 0.714. The Balaban J connectivity index is 1.89. The maximum atomic E-state index is 12.2. The van der Waals surface area contributed by atoms with Crippen LogP contribution < -0.4 is 10.6 Å². The molecule has 0 aromatic carbocycles. The molecule has 1 atom stereocenters. The lowest BCUT2D eigenvalue weighted by atomic mass is 10.1. The number of nitrogens with zero attached hydrogens (tertiary/aromatic N) is 3. The molecule has 0 aliphatic carbocycles. The summed E-state index contributed by atoms with van der Waals surface area (Å²) in [5.74, 6) is -1.99. The molecule has 0 radical (unpaired) electrons. The summed E-state index contributed by atoms with van der Waals surface area (Å²) in [7, 11) is 0. The maximum absolute atomic E-state index is 12.2. The number of nitrogens with one attached hydrogen (secondary N) is 2. The normalized spacial score (nSPS) is 24.1. The Kier molecular flexibility index (Phi) is 5.32. The largest absolute Gasteiger partial charge is 0.353 e. The zero-order valence-electron chi connectivity index (χ0n) is 13.7. The molecular formula is C14H23N5O4. The summed E-state index contributed by atoms with van der Waals surface area (Å²) in [6.07, 6.45) is 0. The molecule has 2 heterocycles. The number of hydrogen-bond acceptors (Lipinski definition) is 6. The molecule has 1 unspecified atom stereocenters. The molecule has 2 N–H and O–H groups in total. The van der Waals surface area contributed by atoms with Gasteiger partial charge in [0.05, 0.1) is 6.54 Å². The van der Waals surface area contributed by atoms with Gasteiger partial charge in [-0.25, -0.2) is 9.80 Å². The molecule has 23 heavy (non-hydrogen) atoms. The summed E-state index contributed by atoms with van der Waals surface area (Å²) >= 11 is 0. The standard InChI is InChI=1S/C14H23N5O4/c1-9(2)15-11(20)8-17-4-6-18(7-5-17)19-13(22)10(3)12(21)16-14(19)23/h9-10H,4-8H2,1-3H3,(H,15,20)(H,16,21,23). The number of carbonyl (C=O) groups is 4. The van der Waals surface area contributed by atoms with E-state index >= 15 is 0 Å². The summed E-state index contributed by atoms with van der Waals surface area (Å²) < 4.78 is 0. The van der Waals surface area contributed by atoms with E-state index in [1.807, 2.05) is 18.7 Å². The minimum atomic E-state index is -0.873. The van der Waals surface area contributed by atoms with Crippen molar-refractivity contribution in [3.8, 4) is 0 Å². The molecule has 2 fully saturated rings. The SMILES string of the molecule is CC(C)NC(=O)CN1CCN(N2C(=O)NC(=O)C(C)C2=O)CC1. The lowest BCUT2D eigenvalue weighted by molar-refractivity contribution is -0.156. The van der Waals surface area contributed by atoms with E-state index in [1.54, 1.807) is 5.01 Å². The van der Waals surface area contributed by atoms with Gasteiger partial charge in [0, 0.05) is 32.2 Å². The molecule has 9 nitrogen and oxygen atoms in total. The van der Waals surface area contributed by atoms with Crippen LogP contribution in [0.2, 0.25) is 0 Å². The number of hydrogen-bond donors (Lipinski definition) is 2. The van der Waals surface area contributed by atoms with Gasteiger partial charge in [-0.05, 0) is 20.8 Å². The zero-order valence-corrected chi connectivity index (χ0v) is 13.7. The Labute approximate surface area is 134 Å². The van der Waals surface area contributed by atoms with E-state index in [2.05, 4.69) is 10.6 Å². The second-order valence-electron chi connectivity index (χ2n) is 6.12. The second-order valence-corrected chi connectivity index (χ2v) is 6.12. The molecule has 0 bridgehead atoms. The lowest BCUT2D eigenvalue weighted by Gasteiger charge is -2.41. The fourth-order valence-electron chi connectivity index (χ4n) is 2.60. The van der Waals surface area contributed by atoms with Crippen LogP contribution in [0.15, 0.2) is 0 Å². The number of rotatable bonds is 4. The molecule has 2 aliphatic rings. The molecule has 128 valence electrons. The lowest BCUT2D eigenvalue weighted by Crippen LogP contribution is -2.65. The monoisotopic (exact) mass is 325 g/mol. The molecular weight excluding hydrogens is 302 g/mol. The van der Waals surface area contributed by atoms with E-state index in [4.69, 9.17) is 0 Å². The van der Waals surface area contributed by atoms with Crippen molar-refractivity contribution in [3.63, 3.8) is 0 Å².